The Bertz CT molecular complexity index is 426. The molecule has 2 rings (SSSR count). The van der Waals surface area contributed by atoms with Gasteiger partial charge in [0.2, 0.25) is 0 Å². The van der Waals surface area contributed by atoms with Crippen LogP contribution in [0, 0.1) is 5.92 Å². The standard InChI is InChI=1S/C17H26N2O2/c1-14(2)19-10-8-15(9-11-19)12-18-17(20)13-21-16-6-4-3-5-7-16/h3-7,14-15H,8-13H2,1-2H3,(H,18,20). The van der Waals surface area contributed by atoms with E-state index < -0.39 is 0 Å². The molecule has 1 aliphatic rings. The molecule has 1 aliphatic heterocycles. The minimum Gasteiger partial charge on any atom is -0.484 e. The number of para-hydroxylation sites is 1. The molecule has 4 nitrogen and oxygen atoms in total. The van der Waals surface area contributed by atoms with E-state index in [0.717, 1.165) is 38.2 Å². The lowest BCUT2D eigenvalue weighted by atomic mass is 9.96. The topological polar surface area (TPSA) is 41.6 Å². The van der Waals surface area contributed by atoms with Crippen LogP contribution in [-0.4, -0.2) is 43.1 Å². The molecule has 1 aromatic rings. The minimum atomic E-state index is -0.0369. The fraction of sp³-hybridized carbons (Fsp3) is 0.588. The van der Waals surface area contributed by atoms with E-state index in [1.807, 2.05) is 30.3 Å². The van der Waals surface area contributed by atoms with Crippen molar-refractivity contribution in [3.63, 3.8) is 0 Å². The molecule has 0 aromatic heterocycles. The van der Waals surface area contributed by atoms with Crippen molar-refractivity contribution in [1.82, 2.24) is 10.2 Å². The summed E-state index contributed by atoms with van der Waals surface area (Å²) >= 11 is 0. The van der Waals surface area contributed by atoms with Gasteiger partial charge in [0, 0.05) is 12.6 Å². The lowest BCUT2D eigenvalue weighted by Crippen LogP contribution is -2.42. The average molecular weight is 290 g/mol. The molecule has 1 amide bonds. The Morgan fingerprint density at radius 2 is 1.95 bits per heavy atom. The number of carbonyl (C=O) groups excluding carboxylic acids is 1. The highest BCUT2D eigenvalue weighted by atomic mass is 16.5. The van der Waals surface area contributed by atoms with Gasteiger partial charge in [-0.15, -0.1) is 0 Å². The first kappa shape index (κ1) is 15.8. The van der Waals surface area contributed by atoms with Gasteiger partial charge in [0.25, 0.3) is 5.91 Å². The van der Waals surface area contributed by atoms with Crippen LogP contribution in [0.2, 0.25) is 0 Å². The number of hydrogen-bond acceptors (Lipinski definition) is 3. The maximum Gasteiger partial charge on any atom is 0.257 e. The molecule has 0 radical (unpaired) electrons. The Hall–Kier alpha value is -1.55. The van der Waals surface area contributed by atoms with Crippen LogP contribution in [0.3, 0.4) is 0 Å². The van der Waals surface area contributed by atoms with Crippen molar-refractivity contribution >= 4 is 5.91 Å². The van der Waals surface area contributed by atoms with Gasteiger partial charge >= 0.3 is 0 Å². The van der Waals surface area contributed by atoms with Crippen LogP contribution in [0.25, 0.3) is 0 Å². The lowest BCUT2D eigenvalue weighted by molar-refractivity contribution is -0.123. The second-order valence-corrected chi connectivity index (χ2v) is 5.98. The van der Waals surface area contributed by atoms with Crippen molar-refractivity contribution in [3.05, 3.63) is 30.3 Å². The van der Waals surface area contributed by atoms with Gasteiger partial charge < -0.3 is 15.0 Å². The van der Waals surface area contributed by atoms with E-state index in [1.165, 1.54) is 0 Å². The molecule has 1 aromatic carbocycles. The van der Waals surface area contributed by atoms with E-state index in [1.54, 1.807) is 0 Å². The first-order valence-electron chi connectivity index (χ1n) is 7.83. The smallest absolute Gasteiger partial charge is 0.257 e. The summed E-state index contributed by atoms with van der Waals surface area (Å²) in [4.78, 5) is 14.3. The fourth-order valence-electron chi connectivity index (χ4n) is 2.65. The number of hydrogen-bond donors (Lipinski definition) is 1. The zero-order valence-electron chi connectivity index (χ0n) is 13.0. The van der Waals surface area contributed by atoms with Gasteiger partial charge in [0.05, 0.1) is 0 Å². The number of piperidine rings is 1. The molecular weight excluding hydrogens is 264 g/mol. The summed E-state index contributed by atoms with van der Waals surface area (Å²) < 4.78 is 5.44. The number of rotatable bonds is 6. The third kappa shape index (κ3) is 5.38. The van der Waals surface area contributed by atoms with E-state index in [9.17, 15) is 4.79 Å². The fourth-order valence-corrected chi connectivity index (χ4v) is 2.65. The van der Waals surface area contributed by atoms with E-state index in [2.05, 4.69) is 24.1 Å². The Balaban J connectivity index is 1.61. The second kappa shape index (κ2) is 8.03. The number of nitrogens with one attached hydrogen (secondary N) is 1. The van der Waals surface area contributed by atoms with Crippen LogP contribution in [0.5, 0.6) is 5.75 Å². The van der Waals surface area contributed by atoms with Gasteiger partial charge in [0.15, 0.2) is 6.61 Å². The highest BCUT2D eigenvalue weighted by Gasteiger charge is 2.21. The predicted octanol–water partition coefficient (Wildman–Crippen LogP) is 2.30. The van der Waals surface area contributed by atoms with Crippen LogP contribution >= 0.6 is 0 Å². The van der Waals surface area contributed by atoms with Crippen LogP contribution in [-0.2, 0) is 4.79 Å². The van der Waals surface area contributed by atoms with E-state index in [0.29, 0.717) is 12.0 Å². The first-order valence-corrected chi connectivity index (χ1v) is 7.83. The average Bonchev–Trinajstić information content (AvgIpc) is 2.52. The first-order chi connectivity index (χ1) is 10.1. The number of carbonyl (C=O) groups is 1. The normalized spacial score (nSPS) is 16.9. The minimum absolute atomic E-state index is 0.0369. The zero-order chi connectivity index (χ0) is 15.1. The van der Waals surface area contributed by atoms with Crippen molar-refractivity contribution in [1.29, 1.82) is 0 Å². The monoisotopic (exact) mass is 290 g/mol. The summed E-state index contributed by atoms with van der Waals surface area (Å²) in [5, 5.41) is 2.98. The molecule has 0 aliphatic carbocycles. The molecule has 4 heteroatoms. The molecule has 0 unspecified atom stereocenters. The molecule has 0 spiro atoms. The summed E-state index contributed by atoms with van der Waals surface area (Å²) in [6, 6.07) is 10.1. The second-order valence-electron chi connectivity index (χ2n) is 5.98. The van der Waals surface area contributed by atoms with Crippen molar-refractivity contribution in [2.24, 2.45) is 5.92 Å². The molecule has 116 valence electrons. The van der Waals surface area contributed by atoms with Gasteiger partial charge in [-0.25, -0.2) is 0 Å². The molecule has 0 bridgehead atoms. The van der Waals surface area contributed by atoms with Crippen molar-refractivity contribution in [3.8, 4) is 5.75 Å². The third-order valence-electron chi connectivity index (χ3n) is 4.08. The molecule has 0 saturated carbocycles. The summed E-state index contributed by atoms with van der Waals surface area (Å²) in [5.74, 6) is 1.30. The lowest BCUT2D eigenvalue weighted by Gasteiger charge is -2.34. The summed E-state index contributed by atoms with van der Waals surface area (Å²) in [6.45, 7) is 7.61. The highest BCUT2D eigenvalue weighted by Crippen LogP contribution is 2.18. The molecule has 21 heavy (non-hydrogen) atoms. The van der Waals surface area contributed by atoms with Crippen LogP contribution in [0.15, 0.2) is 30.3 Å². The largest absolute Gasteiger partial charge is 0.484 e. The van der Waals surface area contributed by atoms with Gasteiger partial charge in [-0.1, -0.05) is 18.2 Å². The van der Waals surface area contributed by atoms with Gasteiger partial charge in [0.1, 0.15) is 5.75 Å². The van der Waals surface area contributed by atoms with E-state index in [4.69, 9.17) is 4.74 Å². The Morgan fingerprint density at radius 3 is 2.57 bits per heavy atom. The SMILES string of the molecule is CC(C)N1CCC(CNC(=O)COc2ccccc2)CC1. The Labute approximate surface area is 127 Å². The van der Waals surface area contributed by atoms with Gasteiger partial charge in [-0.3, -0.25) is 4.79 Å². The number of likely N-dealkylation sites (tertiary alicyclic amines) is 1. The molecule has 1 N–H and O–H groups in total. The quantitative estimate of drug-likeness (QED) is 0.874. The van der Waals surface area contributed by atoms with Gasteiger partial charge in [-0.2, -0.15) is 0 Å². The number of amides is 1. The number of nitrogens with zero attached hydrogens (tertiary/aromatic N) is 1. The Morgan fingerprint density at radius 1 is 1.29 bits per heavy atom. The van der Waals surface area contributed by atoms with Crippen molar-refractivity contribution in [2.45, 2.75) is 32.7 Å². The molecular formula is C17H26N2O2. The number of benzene rings is 1. The van der Waals surface area contributed by atoms with E-state index >= 15 is 0 Å². The van der Waals surface area contributed by atoms with Crippen molar-refractivity contribution < 1.29 is 9.53 Å². The molecule has 0 atom stereocenters. The molecule has 1 saturated heterocycles. The highest BCUT2D eigenvalue weighted by molar-refractivity contribution is 5.77. The molecule has 1 fully saturated rings. The maximum absolute atomic E-state index is 11.8. The summed E-state index contributed by atoms with van der Waals surface area (Å²) in [6.07, 6.45) is 2.33. The van der Waals surface area contributed by atoms with Gasteiger partial charge in [-0.05, 0) is 57.8 Å². The Kier molecular flexibility index (Phi) is 6.05. The molecule has 1 heterocycles. The maximum atomic E-state index is 11.8. The number of ether oxygens (including phenoxy) is 1. The van der Waals surface area contributed by atoms with E-state index in [-0.39, 0.29) is 12.5 Å². The zero-order valence-corrected chi connectivity index (χ0v) is 13.0. The van der Waals surface area contributed by atoms with Crippen LogP contribution in [0.4, 0.5) is 0 Å². The summed E-state index contributed by atoms with van der Waals surface area (Å²) in [7, 11) is 0. The predicted molar refractivity (Wildman–Crippen MR) is 84.4 cm³/mol. The third-order valence-corrected chi connectivity index (χ3v) is 4.08. The van der Waals surface area contributed by atoms with Crippen molar-refractivity contribution in [2.75, 3.05) is 26.2 Å². The van der Waals surface area contributed by atoms with Crippen LogP contribution < -0.4 is 10.1 Å². The van der Waals surface area contributed by atoms with Crippen LogP contribution in [0.1, 0.15) is 26.7 Å². The summed E-state index contributed by atoms with van der Waals surface area (Å²) in [5.41, 5.74) is 0.